The van der Waals surface area contributed by atoms with Crippen LogP contribution in [0.25, 0.3) is 0 Å². The standard InChI is InChI=1S/C21H21Cl2N3O2S2/c1-15-2-4-20(5-3-15)30(27,28)26-8-6-25(7-9-26)21-24-19(14-29-21)12-16-10-17(22)13-18(23)11-16/h2-5,10-11,13-14H,6-9,12H2,1H3. The number of hydrogen-bond donors (Lipinski definition) is 0. The molecular weight excluding hydrogens is 461 g/mol. The summed E-state index contributed by atoms with van der Waals surface area (Å²) in [6.07, 6.45) is 0.651. The lowest BCUT2D eigenvalue weighted by atomic mass is 10.1. The van der Waals surface area contributed by atoms with Crippen molar-refractivity contribution in [3.8, 4) is 0 Å². The topological polar surface area (TPSA) is 53.5 Å². The smallest absolute Gasteiger partial charge is 0.243 e. The van der Waals surface area contributed by atoms with E-state index in [0.717, 1.165) is 22.0 Å². The van der Waals surface area contributed by atoms with Crippen LogP contribution in [0.1, 0.15) is 16.8 Å². The molecule has 1 aromatic heterocycles. The van der Waals surface area contributed by atoms with Crippen LogP contribution in [0.4, 0.5) is 5.13 Å². The molecule has 2 heterocycles. The zero-order valence-corrected chi connectivity index (χ0v) is 19.5. The number of hydrogen-bond acceptors (Lipinski definition) is 5. The molecule has 5 nitrogen and oxygen atoms in total. The van der Waals surface area contributed by atoms with Gasteiger partial charge in [-0.15, -0.1) is 11.3 Å². The predicted molar refractivity (Wildman–Crippen MR) is 124 cm³/mol. The summed E-state index contributed by atoms with van der Waals surface area (Å²) in [5, 5.41) is 4.16. The molecule has 0 spiro atoms. The van der Waals surface area contributed by atoms with Gasteiger partial charge in [0.05, 0.1) is 10.6 Å². The van der Waals surface area contributed by atoms with Gasteiger partial charge in [-0.1, -0.05) is 40.9 Å². The maximum atomic E-state index is 12.9. The summed E-state index contributed by atoms with van der Waals surface area (Å²) in [5.74, 6) is 0. The Balaban J connectivity index is 1.40. The highest BCUT2D eigenvalue weighted by Gasteiger charge is 2.29. The molecule has 1 aliphatic heterocycles. The zero-order chi connectivity index (χ0) is 21.3. The molecule has 30 heavy (non-hydrogen) atoms. The van der Waals surface area contributed by atoms with Crippen LogP contribution in [0.2, 0.25) is 10.0 Å². The van der Waals surface area contributed by atoms with Gasteiger partial charge in [0.1, 0.15) is 0 Å². The molecule has 0 radical (unpaired) electrons. The lowest BCUT2D eigenvalue weighted by molar-refractivity contribution is 0.384. The molecule has 158 valence electrons. The van der Waals surface area contributed by atoms with Crippen LogP contribution in [0.5, 0.6) is 0 Å². The molecule has 2 aromatic carbocycles. The zero-order valence-electron chi connectivity index (χ0n) is 16.4. The van der Waals surface area contributed by atoms with Crippen LogP contribution in [0.3, 0.4) is 0 Å². The van der Waals surface area contributed by atoms with Gasteiger partial charge in [0, 0.05) is 48.0 Å². The highest BCUT2D eigenvalue weighted by Crippen LogP contribution is 2.27. The number of sulfonamides is 1. The number of anilines is 1. The van der Waals surface area contributed by atoms with Crippen LogP contribution >= 0.6 is 34.5 Å². The van der Waals surface area contributed by atoms with E-state index in [-0.39, 0.29) is 0 Å². The molecule has 1 saturated heterocycles. The average molecular weight is 482 g/mol. The third kappa shape index (κ3) is 4.81. The van der Waals surface area contributed by atoms with E-state index in [1.807, 2.05) is 36.6 Å². The van der Waals surface area contributed by atoms with Gasteiger partial charge in [-0.25, -0.2) is 13.4 Å². The fourth-order valence-electron chi connectivity index (χ4n) is 3.42. The summed E-state index contributed by atoms with van der Waals surface area (Å²) < 4.78 is 27.3. The number of nitrogens with zero attached hydrogens (tertiary/aromatic N) is 3. The Hall–Kier alpha value is -1.64. The van der Waals surface area contributed by atoms with Crippen LogP contribution in [0, 0.1) is 6.92 Å². The normalized spacial score (nSPS) is 15.5. The monoisotopic (exact) mass is 481 g/mol. The van der Waals surface area contributed by atoms with Crippen molar-refractivity contribution >= 4 is 49.7 Å². The van der Waals surface area contributed by atoms with Gasteiger partial charge in [-0.05, 0) is 42.8 Å². The molecule has 0 N–H and O–H groups in total. The molecule has 0 saturated carbocycles. The molecule has 1 aliphatic rings. The molecule has 0 amide bonds. The molecule has 3 aromatic rings. The van der Waals surface area contributed by atoms with Crippen LogP contribution in [-0.2, 0) is 16.4 Å². The number of piperazine rings is 1. The Morgan fingerprint density at radius 1 is 1.00 bits per heavy atom. The Labute approximate surface area is 190 Å². The van der Waals surface area contributed by atoms with Gasteiger partial charge in [-0.3, -0.25) is 0 Å². The number of thiazole rings is 1. The van der Waals surface area contributed by atoms with Gasteiger partial charge >= 0.3 is 0 Å². The van der Waals surface area contributed by atoms with Crippen molar-refractivity contribution in [3.63, 3.8) is 0 Å². The number of aryl methyl sites for hydroxylation is 1. The van der Waals surface area contributed by atoms with E-state index in [2.05, 4.69) is 4.90 Å². The van der Waals surface area contributed by atoms with Crippen molar-refractivity contribution in [3.05, 3.63) is 74.7 Å². The van der Waals surface area contributed by atoms with E-state index in [4.69, 9.17) is 28.2 Å². The second-order valence-electron chi connectivity index (χ2n) is 7.28. The fraction of sp³-hybridized carbons (Fsp3) is 0.286. The minimum atomic E-state index is -3.46. The predicted octanol–water partition coefficient (Wildman–Crippen LogP) is 4.86. The summed E-state index contributed by atoms with van der Waals surface area (Å²) in [5.41, 5.74) is 3.00. The molecule has 4 rings (SSSR count). The maximum absolute atomic E-state index is 12.9. The van der Waals surface area contributed by atoms with Crippen LogP contribution < -0.4 is 4.90 Å². The molecule has 0 atom stereocenters. The Kier molecular flexibility index (Phi) is 6.36. The summed E-state index contributed by atoms with van der Waals surface area (Å²) in [6, 6.07) is 12.5. The first-order chi connectivity index (χ1) is 14.3. The maximum Gasteiger partial charge on any atom is 0.243 e. The van der Waals surface area contributed by atoms with Crippen molar-refractivity contribution in [2.45, 2.75) is 18.2 Å². The van der Waals surface area contributed by atoms with Crippen LogP contribution in [0.15, 0.2) is 52.7 Å². The van der Waals surface area contributed by atoms with Gasteiger partial charge in [0.2, 0.25) is 10.0 Å². The quantitative estimate of drug-likeness (QED) is 0.521. The Morgan fingerprint density at radius 3 is 2.27 bits per heavy atom. The lowest BCUT2D eigenvalue weighted by Gasteiger charge is -2.33. The van der Waals surface area contributed by atoms with Crippen molar-refractivity contribution in [2.75, 3.05) is 31.1 Å². The second-order valence-corrected chi connectivity index (χ2v) is 10.9. The fourth-order valence-corrected chi connectivity index (χ4v) is 6.30. The summed E-state index contributed by atoms with van der Waals surface area (Å²) in [7, 11) is -3.46. The number of benzene rings is 2. The molecule has 9 heteroatoms. The first kappa shape index (κ1) is 21.6. The minimum absolute atomic E-state index is 0.346. The minimum Gasteiger partial charge on any atom is -0.345 e. The van der Waals surface area contributed by atoms with Crippen molar-refractivity contribution in [1.82, 2.24) is 9.29 Å². The molecule has 0 bridgehead atoms. The molecule has 1 fully saturated rings. The van der Waals surface area contributed by atoms with Crippen LogP contribution in [-0.4, -0.2) is 43.9 Å². The van der Waals surface area contributed by atoms with Crippen molar-refractivity contribution in [1.29, 1.82) is 0 Å². The summed E-state index contributed by atoms with van der Waals surface area (Å²) in [4.78, 5) is 7.22. The van der Waals surface area contributed by atoms with E-state index >= 15 is 0 Å². The first-order valence-corrected chi connectivity index (χ1v) is 12.6. The van der Waals surface area contributed by atoms with E-state index in [9.17, 15) is 8.42 Å². The SMILES string of the molecule is Cc1ccc(S(=O)(=O)N2CCN(c3nc(Cc4cc(Cl)cc(Cl)c4)cs3)CC2)cc1. The molecule has 0 aliphatic carbocycles. The van der Waals surface area contributed by atoms with E-state index in [1.165, 1.54) is 0 Å². The molecular formula is C21H21Cl2N3O2S2. The van der Waals surface area contributed by atoms with E-state index < -0.39 is 10.0 Å². The second kappa shape index (κ2) is 8.85. The number of halogens is 2. The highest BCUT2D eigenvalue weighted by molar-refractivity contribution is 7.89. The largest absolute Gasteiger partial charge is 0.345 e. The number of aromatic nitrogens is 1. The lowest BCUT2D eigenvalue weighted by Crippen LogP contribution is -2.48. The first-order valence-electron chi connectivity index (χ1n) is 9.52. The van der Waals surface area contributed by atoms with Gasteiger partial charge in [0.15, 0.2) is 5.13 Å². The highest BCUT2D eigenvalue weighted by atomic mass is 35.5. The van der Waals surface area contributed by atoms with Gasteiger partial charge < -0.3 is 4.90 Å². The summed E-state index contributed by atoms with van der Waals surface area (Å²) >= 11 is 13.7. The van der Waals surface area contributed by atoms with Crippen molar-refractivity contribution < 1.29 is 8.42 Å². The van der Waals surface area contributed by atoms with Crippen molar-refractivity contribution in [2.24, 2.45) is 0 Å². The van der Waals surface area contributed by atoms with E-state index in [0.29, 0.717) is 47.5 Å². The Bertz CT molecular complexity index is 1120. The van der Waals surface area contributed by atoms with Gasteiger partial charge in [0.25, 0.3) is 0 Å². The molecule has 0 unspecified atom stereocenters. The third-order valence-corrected chi connectivity index (χ3v) is 8.31. The third-order valence-electron chi connectivity index (χ3n) is 5.02. The summed E-state index contributed by atoms with van der Waals surface area (Å²) in [6.45, 7) is 4.05. The van der Waals surface area contributed by atoms with E-state index in [1.54, 1.807) is 33.8 Å². The Morgan fingerprint density at radius 2 is 1.63 bits per heavy atom. The number of rotatable bonds is 5. The average Bonchev–Trinajstić information content (AvgIpc) is 3.16. The van der Waals surface area contributed by atoms with Gasteiger partial charge in [-0.2, -0.15) is 4.31 Å².